The summed E-state index contributed by atoms with van der Waals surface area (Å²) in [6.45, 7) is 7.06. The van der Waals surface area contributed by atoms with Gasteiger partial charge in [-0.25, -0.2) is 0 Å². The van der Waals surface area contributed by atoms with E-state index in [0.29, 0.717) is 18.6 Å². The Bertz CT molecular complexity index is 180. The summed E-state index contributed by atoms with van der Waals surface area (Å²) in [6, 6.07) is 1.12. The molecule has 0 aromatic heterocycles. The van der Waals surface area contributed by atoms with Crippen molar-refractivity contribution in [3.05, 3.63) is 0 Å². The molecule has 0 bridgehead atoms. The maximum Gasteiger partial charge on any atom is 0.105 e. The highest BCUT2D eigenvalue weighted by Gasteiger charge is 2.26. The number of piperazine rings is 1. The smallest absolute Gasteiger partial charge is 0.105 e. The van der Waals surface area contributed by atoms with Gasteiger partial charge in [0.15, 0.2) is 0 Å². The van der Waals surface area contributed by atoms with Gasteiger partial charge >= 0.3 is 0 Å². The molecule has 1 saturated heterocycles. The fraction of sp³-hybridized carbons (Fsp3) is 0.889. The summed E-state index contributed by atoms with van der Waals surface area (Å²) < 4.78 is 0. The van der Waals surface area contributed by atoms with Crippen molar-refractivity contribution in [1.82, 2.24) is 9.80 Å². The van der Waals surface area contributed by atoms with Gasteiger partial charge < -0.3 is 5.73 Å². The maximum atomic E-state index is 7.24. The van der Waals surface area contributed by atoms with E-state index in [1.54, 1.807) is 0 Å². The molecule has 0 radical (unpaired) electrons. The first-order valence-corrected chi connectivity index (χ1v) is 4.78. The third-order valence-corrected chi connectivity index (χ3v) is 2.83. The molecule has 76 valence electrons. The first-order valence-electron chi connectivity index (χ1n) is 4.78. The second-order valence-corrected chi connectivity index (χ2v) is 4.08. The third kappa shape index (κ3) is 2.67. The van der Waals surface area contributed by atoms with E-state index in [1.165, 1.54) is 0 Å². The van der Waals surface area contributed by atoms with E-state index in [2.05, 4.69) is 30.7 Å². The van der Waals surface area contributed by atoms with Crippen molar-refractivity contribution in [3.8, 4) is 0 Å². The Morgan fingerprint density at radius 2 is 1.85 bits per heavy atom. The van der Waals surface area contributed by atoms with Crippen LogP contribution < -0.4 is 5.73 Å². The Labute approximate surface area is 80.2 Å². The van der Waals surface area contributed by atoms with Crippen LogP contribution in [0.1, 0.15) is 13.8 Å². The van der Waals surface area contributed by atoms with Gasteiger partial charge in [0.25, 0.3) is 0 Å². The zero-order valence-electron chi connectivity index (χ0n) is 8.75. The summed E-state index contributed by atoms with van der Waals surface area (Å²) >= 11 is 0. The molecule has 0 aromatic carbocycles. The van der Waals surface area contributed by atoms with Gasteiger partial charge in [-0.2, -0.15) is 0 Å². The molecule has 1 aliphatic heterocycles. The molecule has 3 N–H and O–H groups in total. The molecule has 2 unspecified atom stereocenters. The summed E-state index contributed by atoms with van der Waals surface area (Å²) in [5.74, 6) is 0.268. The lowest BCUT2D eigenvalue weighted by atomic mass is 10.1. The minimum Gasteiger partial charge on any atom is -0.387 e. The molecule has 0 aliphatic carbocycles. The fourth-order valence-electron chi connectivity index (χ4n) is 1.88. The number of amidine groups is 1. The highest BCUT2D eigenvalue weighted by molar-refractivity contribution is 5.78. The summed E-state index contributed by atoms with van der Waals surface area (Å²) in [4.78, 5) is 4.62. The van der Waals surface area contributed by atoms with Crippen LogP contribution in [0.2, 0.25) is 0 Å². The van der Waals surface area contributed by atoms with Crippen LogP contribution in [0.15, 0.2) is 0 Å². The van der Waals surface area contributed by atoms with E-state index in [4.69, 9.17) is 11.1 Å². The van der Waals surface area contributed by atoms with E-state index in [9.17, 15) is 0 Å². The molecule has 1 fully saturated rings. The normalized spacial score (nSPS) is 31.9. The number of likely N-dealkylation sites (N-methyl/N-ethyl adjacent to an activating group) is 1. The van der Waals surface area contributed by atoms with Gasteiger partial charge in [-0.3, -0.25) is 15.2 Å². The molecule has 1 aliphatic rings. The molecule has 0 aromatic rings. The van der Waals surface area contributed by atoms with Crippen LogP contribution in [-0.4, -0.2) is 54.4 Å². The maximum absolute atomic E-state index is 7.24. The lowest BCUT2D eigenvalue weighted by Gasteiger charge is -2.42. The highest BCUT2D eigenvalue weighted by atomic mass is 15.3. The van der Waals surface area contributed by atoms with Crippen LogP contribution in [0.5, 0.6) is 0 Å². The van der Waals surface area contributed by atoms with Gasteiger partial charge in [-0.05, 0) is 20.9 Å². The fourth-order valence-corrected chi connectivity index (χ4v) is 1.88. The van der Waals surface area contributed by atoms with Crippen molar-refractivity contribution in [2.45, 2.75) is 25.9 Å². The number of rotatable bonds is 2. The number of nitrogens with two attached hydrogens (primary N) is 1. The van der Waals surface area contributed by atoms with E-state index in [1.807, 2.05) is 0 Å². The molecular formula is C9H20N4. The van der Waals surface area contributed by atoms with Crippen molar-refractivity contribution < 1.29 is 0 Å². The molecule has 0 saturated carbocycles. The predicted molar refractivity (Wildman–Crippen MR) is 55.0 cm³/mol. The zero-order chi connectivity index (χ0) is 10.0. The van der Waals surface area contributed by atoms with Crippen LogP contribution in [0.4, 0.5) is 0 Å². The Kier molecular flexibility index (Phi) is 3.27. The summed E-state index contributed by atoms with van der Waals surface area (Å²) in [7, 11) is 2.15. The van der Waals surface area contributed by atoms with E-state index < -0.39 is 0 Å². The summed E-state index contributed by atoms with van der Waals surface area (Å²) in [5.41, 5.74) is 5.38. The van der Waals surface area contributed by atoms with E-state index >= 15 is 0 Å². The summed E-state index contributed by atoms with van der Waals surface area (Å²) in [6.07, 6.45) is 0. The first-order chi connectivity index (χ1) is 6.00. The van der Waals surface area contributed by atoms with Gasteiger partial charge in [-0.1, -0.05) is 0 Å². The minimum absolute atomic E-state index is 0.268. The molecule has 2 atom stereocenters. The van der Waals surface area contributed by atoms with E-state index in [-0.39, 0.29) is 5.84 Å². The number of hydrogen-bond acceptors (Lipinski definition) is 3. The van der Waals surface area contributed by atoms with Crippen LogP contribution in [0.25, 0.3) is 0 Å². The molecule has 1 heterocycles. The molecule has 1 rings (SSSR count). The Morgan fingerprint density at radius 3 is 2.23 bits per heavy atom. The molecule has 13 heavy (non-hydrogen) atoms. The molecular weight excluding hydrogens is 164 g/mol. The topological polar surface area (TPSA) is 56.4 Å². The van der Waals surface area contributed by atoms with Crippen molar-refractivity contribution in [2.24, 2.45) is 5.73 Å². The van der Waals surface area contributed by atoms with Crippen LogP contribution >= 0.6 is 0 Å². The predicted octanol–water partition coefficient (Wildman–Crippen LogP) is -0.0532. The average molecular weight is 184 g/mol. The number of nitrogens with zero attached hydrogens (tertiary/aromatic N) is 2. The van der Waals surface area contributed by atoms with Gasteiger partial charge in [0, 0.05) is 25.2 Å². The third-order valence-electron chi connectivity index (χ3n) is 2.83. The van der Waals surface area contributed by atoms with Crippen LogP contribution in [0.3, 0.4) is 0 Å². The molecule has 0 spiro atoms. The van der Waals surface area contributed by atoms with Crippen molar-refractivity contribution in [2.75, 3.05) is 26.7 Å². The Balaban J connectivity index is 2.48. The van der Waals surface area contributed by atoms with Crippen LogP contribution in [-0.2, 0) is 0 Å². The standard InChI is InChI=1S/C9H20N4/c1-7-4-13(6-9(10)11)5-8(2)12(7)3/h7-8H,4-6H2,1-3H3,(H3,10,11). The molecule has 4 heteroatoms. The first kappa shape index (κ1) is 10.5. The van der Waals surface area contributed by atoms with Gasteiger partial charge in [-0.15, -0.1) is 0 Å². The van der Waals surface area contributed by atoms with Crippen LogP contribution in [0, 0.1) is 5.41 Å². The van der Waals surface area contributed by atoms with Gasteiger partial charge in [0.05, 0.1) is 6.54 Å². The minimum atomic E-state index is 0.268. The van der Waals surface area contributed by atoms with Crippen molar-refractivity contribution >= 4 is 5.84 Å². The van der Waals surface area contributed by atoms with Crippen molar-refractivity contribution in [1.29, 1.82) is 5.41 Å². The van der Waals surface area contributed by atoms with E-state index in [0.717, 1.165) is 13.1 Å². The second-order valence-electron chi connectivity index (χ2n) is 4.08. The highest BCUT2D eigenvalue weighted by Crippen LogP contribution is 2.12. The lowest BCUT2D eigenvalue weighted by molar-refractivity contribution is 0.0694. The number of hydrogen-bond donors (Lipinski definition) is 2. The van der Waals surface area contributed by atoms with Crippen molar-refractivity contribution in [3.63, 3.8) is 0 Å². The molecule has 0 amide bonds. The Hall–Kier alpha value is -0.610. The monoisotopic (exact) mass is 184 g/mol. The average Bonchev–Trinajstić information content (AvgIpc) is 1.98. The quantitative estimate of drug-likeness (QED) is 0.467. The van der Waals surface area contributed by atoms with Gasteiger partial charge in [0.1, 0.15) is 5.84 Å². The SMILES string of the molecule is CC1CN(CC(=N)N)CC(C)N1C. The zero-order valence-corrected chi connectivity index (χ0v) is 8.75. The summed E-state index contributed by atoms with van der Waals surface area (Å²) in [5, 5.41) is 7.24. The second kappa shape index (κ2) is 4.07. The van der Waals surface area contributed by atoms with Gasteiger partial charge in [0.2, 0.25) is 0 Å². The Morgan fingerprint density at radius 1 is 1.38 bits per heavy atom. The molecule has 4 nitrogen and oxygen atoms in total. The lowest BCUT2D eigenvalue weighted by Crippen LogP contribution is -2.56. The number of nitrogens with one attached hydrogen (secondary N) is 1. The largest absolute Gasteiger partial charge is 0.387 e.